The van der Waals surface area contributed by atoms with Crippen molar-refractivity contribution in [3.05, 3.63) is 10.4 Å². The maximum atomic E-state index is 12.2. The number of carbonyl (C=O) groups excluding carboxylic acids is 2. The molecule has 0 spiro atoms. The minimum atomic E-state index is -0.892. The lowest BCUT2D eigenvalue weighted by Gasteiger charge is -2.16. The average molecular weight is 311 g/mol. The summed E-state index contributed by atoms with van der Waals surface area (Å²) in [6.07, 6.45) is -0.0924. The Bertz CT molecular complexity index is 601. The van der Waals surface area contributed by atoms with Crippen LogP contribution in [0.25, 0.3) is 0 Å². The molecule has 21 heavy (non-hydrogen) atoms. The first-order valence-electron chi connectivity index (χ1n) is 6.77. The van der Waals surface area contributed by atoms with Gasteiger partial charge in [0.15, 0.2) is 5.78 Å². The molecule has 1 aromatic heterocycles. The maximum Gasteiger partial charge on any atom is 0.253 e. The number of rotatable bonds is 4. The van der Waals surface area contributed by atoms with Gasteiger partial charge in [-0.3, -0.25) is 9.59 Å². The second-order valence-corrected chi connectivity index (χ2v) is 6.57. The van der Waals surface area contributed by atoms with Crippen LogP contribution < -0.4 is 16.4 Å². The van der Waals surface area contributed by atoms with Gasteiger partial charge in [-0.1, -0.05) is 0 Å². The molecule has 2 atom stereocenters. The van der Waals surface area contributed by atoms with Crippen molar-refractivity contribution in [2.45, 2.75) is 25.0 Å². The standard InChI is InChI=1S/C13H17N3O4S/c14-9-8(12(15)20)13(16-3-6(17)7(18)4-16)21-11(9)10(19)5-1-2-5/h5-7,17-18H,1-4,14H2,(H2,15,20). The first kappa shape index (κ1) is 14.3. The van der Waals surface area contributed by atoms with Gasteiger partial charge in [0, 0.05) is 19.0 Å². The predicted molar refractivity (Wildman–Crippen MR) is 78.5 cm³/mol. The van der Waals surface area contributed by atoms with Crippen molar-refractivity contribution in [3.8, 4) is 0 Å². The van der Waals surface area contributed by atoms with Gasteiger partial charge >= 0.3 is 0 Å². The molecule has 0 radical (unpaired) electrons. The molecule has 1 aromatic rings. The van der Waals surface area contributed by atoms with Crippen molar-refractivity contribution in [3.63, 3.8) is 0 Å². The molecule has 0 bridgehead atoms. The number of Topliss-reactive ketones (excluding diaryl/α,β-unsaturated/α-hetero) is 1. The van der Waals surface area contributed by atoms with Crippen LogP contribution in [0.4, 0.5) is 10.7 Å². The Labute approximate surface area is 125 Å². The van der Waals surface area contributed by atoms with Crippen molar-refractivity contribution in [2.24, 2.45) is 11.7 Å². The summed E-state index contributed by atoms with van der Waals surface area (Å²) in [5.74, 6) is -0.759. The third-order valence-electron chi connectivity index (χ3n) is 3.89. The summed E-state index contributed by atoms with van der Waals surface area (Å²) >= 11 is 1.12. The molecule has 1 aliphatic heterocycles. The molecular weight excluding hydrogens is 294 g/mol. The summed E-state index contributed by atoms with van der Waals surface area (Å²) in [4.78, 5) is 25.9. The summed E-state index contributed by atoms with van der Waals surface area (Å²) in [5, 5.41) is 19.7. The van der Waals surface area contributed by atoms with E-state index >= 15 is 0 Å². The number of hydrogen-bond donors (Lipinski definition) is 4. The van der Waals surface area contributed by atoms with E-state index in [0.717, 1.165) is 24.2 Å². The van der Waals surface area contributed by atoms with Crippen LogP contribution in [-0.4, -0.2) is 47.2 Å². The lowest BCUT2D eigenvalue weighted by atomic mass is 10.1. The van der Waals surface area contributed by atoms with E-state index < -0.39 is 18.1 Å². The number of nitrogens with zero attached hydrogens (tertiary/aromatic N) is 1. The highest BCUT2D eigenvalue weighted by atomic mass is 32.1. The molecule has 2 unspecified atom stereocenters. The third kappa shape index (κ3) is 2.39. The first-order valence-corrected chi connectivity index (χ1v) is 7.59. The zero-order chi connectivity index (χ0) is 15.3. The molecule has 1 saturated carbocycles. The molecule has 7 nitrogen and oxygen atoms in total. The van der Waals surface area contributed by atoms with E-state index in [1.807, 2.05) is 0 Å². The third-order valence-corrected chi connectivity index (χ3v) is 5.17. The van der Waals surface area contributed by atoms with Crippen molar-refractivity contribution in [1.29, 1.82) is 0 Å². The normalized spacial score (nSPS) is 25.3. The molecular formula is C13H17N3O4S. The number of nitrogens with two attached hydrogens (primary N) is 2. The number of nitrogen functional groups attached to an aromatic ring is 1. The van der Waals surface area contributed by atoms with Crippen LogP contribution in [0.1, 0.15) is 32.9 Å². The van der Waals surface area contributed by atoms with E-state index in [0.29, 0.717) is 9.88 Å². The molecule has 2 fully saturated rings. The molecule has 1 aliphatic carbocycles. The monoisotopic (exact) mass is 311 g/mol. The summed E-state index contributed by atoms with van der Waals surface area (Å²) < 4.78 is 0. The number of hydrogen-bond acceptors (Lipinski definition) is 7. The van der Waals surface area contributed by atoms with Crippen LogP contribution >= 0.6 is 11.3 Å². The molecule has 6 N–H and O–H groups in total. The van der Waals surface area contributed by atoms with E-state index in [2.05, 4.69) is 0 Å². The Morgan fingerprint density at radius 1 is 1.19 bits per heavy atom. The molecule has 8 heteroatoms. The summed E-state index contributed by atoms with van der Waals surface area (Å²) in [6, 6.07) is 0. The van der Waals surface area contributed by atoms with Gasteiger partial charge in [0.2, 0.25) is 0 Å². The minimum absolute atomic E-state index is 0.00529. The SMILES string of the molecule is NC(=O)c1c(N2CC(O)C(O)C2)sc(C(=O)C2CC2)c1N. The Kier molecular flexibility index (Phi) is 3.39. The van der Waals surface area contributed by atoms with Crippen LogP contribution in [0.2, 0.25) is 0 Å². The van der Waals surface area contributed by atoms with E-state index in [9.17, 15) is 19.8 Å². The zero-order valence-corrected chi connectivity index (χ0v) is 12.1. The fraction of sp³-hybridized carbons (Fsp3) is 0.538. The lowest BCUT2D eigenvalue weighted by molar-refractivity contribution is 0.0572. The van der Waals surface area contributed by atoms with Gasteiger partial charge in [0.05, 0.1) is 28.3 Å². The van der Waals surface area contributed by atoms with E-state index in [1.165, 1.54) is 0 Å². The Balaban J connectivity index is 2.01. The summed E-state index contributed by atoms with van der Waals surface area (Å²) in [5.41, 5.74) is 11.6. The predicted octanol–water partition coefficient (Wildman–Crippen LogP) is -0.436. The summed E-state index contributed by atoms with van der Waals surface area (Å²) in [7, 11) is 0. The molecule has 1 saturated heterocycles. The number of β-amino-alcohol motifs (C(OH)–C–C–N with tert-alkyl or cyclic N) is 2. The smallest absolute Gasteiger partial charge is 0.253 e. The number of ketones is 1. The largest absolute Gasteiger partial charge is 0.397 e. The highest BCUT2D eigenvalue weighted by Gasteiger charge is 2.38. The molecule has 1 amide bonds. The van der Waals surface area contributed by atoms with Crippen LogP contribution in [0.5, 0.6) is 0 Å². The Hall–Kier alpha value is -1.64. The molecule has 0 aromatic carbocycles. The number of amides is 1. The number of primary amides is 1. The van der Waals surface area contributed by atoms with E-state index in [-0.39, 0.29) is 36.0 Å². The number of thiophene rings is 1. The molecule has 114 valence electrons. The van der Waals surface area contributed by atoms with Crippen LogP contribution in [0, 0.1) is 5.92 Å². The van der Waals surface area contributed by atoms with Gasteiger partial charge in [-0.25, -0.2) is 0 Å². The van der Waals surface area contributed by atoms with Gasteiger partial charge in [-0.15, -0.1) is 11.3 Å². The van der Waals surface area contributed by atoms with Gasteiger partial charge in [0.25, 0.3) is 5.91 Å². The zero-order valence-electron chi connectivity index (χ0n) is 11.3. The number of aliphatic hydroxyl groups excluding tert-OH is 2. The number of carbonyl (C=O) groups is 2. The fourth-order valence-electron chi connectivity index (χ4n) is 2.54. The van der Waals surface area contributed by atoms with E-state index in [4.69, 9.17) is 11.5 Å². The second kappa shape index (κ2) is 4.97. The molecule has 3 rings (SSSR count). The second-order valence-electron chi connectivity index (χ2n) is 5.57. The van der Waals surface area contributed by atoms with Gasteiger partial charge in [-0.05, 0) is 12.8 Å². The Morgan fingerprint density at radius 2 is 1.76 bits per heavy atom. The Morgan fingerprint density at radius 3 is 2.24 bits per heavy atom. The van der Waals surface area contributed by atoms with Crippen LogP contribution in [-0.2, 0) is 0 Å². The van der Waals surface area contributed by atoms with Crippen molar-refractivity contribution < 1.29 is 19.8 Å². The topological polar surface area (TPSA) is 130 Å². The van der Waals surface area contributed by atoms with Crippen molar-refractivity contribution in [2.75, 3.05) is 23.7 Å². The average Bonchev–Trinajstić information content (AvgIpc) is 3.13. The van der Waals surface area contributed by atoms with Gasteiger partial charge in [0.1, 0.15) is 5.00 Å². The van der Waals surface area contributed by atoms with Gasteiger partial charge in [-0.2, -0.15) is 0 Å². The minimum Gasteiger partial charge on any atom is -0.397 e. The highest BCUT2D eigenvalue weighted by molar-refractivity contribution is 7.19. The lowest BCUT2D eigenvalue weighted by Crippen LogP contribution is -2.24. The fourth-order valence-corrected chi connectivity index (χ4v) is 3.80. The van der Waals surface area contributed by atoms with Crippen molar-refractivity contribution in [1.82, 2.24) is 0 Å². The maximum absolute atomic E-state index is 12.2. The van der Waals surface area contributed by atoms with Gasteiger partial charge < -0.3 is 26.6 Å². The highest BCUT2D eigenvalue weighted by Crippen LogP contribution is 2.43. The van der Waals surface area contributed by atoms with Crippen molar-refractivity contribution >= 4 is 33.7 Å². The van der Waals surface area contributed by atoms with E-state index in [1.54, 1.807) is 4.90 Å². The quantitative estimate of drug-likeness (QED) is 0.558. The number of anilines is 2. The van der Waals surface area contributed by atoms with Crippen LogP contribution in [0.3, 0.4) is 0 Å². The molecule has 2 aliphatic rings. The first-order chi connectivity index (χ1) is 9.90. The summed E-state index contributed by atoms with van der Waals surface area (Å²) in [6.45, 7) is 0.358. The van der Waals surface area contributed by atoms with Crippen LogP contribution in [0.15, 0.2) is 0 Å². The molecule has 2 heterocycles. The number of aliphatic hydroxyl groups is 2.